The van der Waals surface area contributed by atoms with Crippen LogP contribution in [-0.4, -0.2) is 19.6 Å². The van der Waals surface area contributed by atoms with Crippen molar-refractivity contribution in [2.24, 2.45) is 11.3 Å². The molecule has 1 N–H and O–H groups in total. The smallest absolute Gasteiger partial charge is 0.374 e. The van der Waals surface area contributed by atoms with E-state index in [-0.39, 0.29) is 11.2 Å². The Morgan fingerprint density at radius 3 is 2.72 bits per heavy atom. The summed E-state index contributed by atoms with van der Waals surface area (Å²) in [6.45, 7) is 10.4. The Hall–Kier alpha value is -1.29. The number of nitrogens with one attached hydrogen (secondary N) is 1. The number of hydrogen-bond acceptors (Lipinski definition) is 4. The fourth-order valence-corrected chi connectivity index (χ4v) is 1.47. The second-order valence-electron chi connectivity index (χ2n) is 5.51. The van der Waals surface area contributed by atoms with Crippen LogP contribution < -0.4 is 5.32 Å². The highest BCUT2D eigenvalue weighted by molar-refractivity contribution is 5.87. The van der Waals surface area contributed by atoms with Crippen LogP contribution in [0.3, 0.4) is 0 Å². The van der Waals surface area contributed by atoms with Gasteiger partial charge in [0.15, 0.2) is 0 Å². The van der Waals surface area contributed by atoms with Gasteiger partial charge in [-0.2, -0.15) is 0 Å². The van der Waals surface area contributed by atoms with Crippen molar-refractivity contribution < 1.29 is 13.9 Å². The van der Waals surface area contributed by atoms with Crippen LogP contribution in [0.1, 0.15) is 43.8 Å². The second kappa shape index (κ2) is 6.05. The van der Waals surface area contributed by atoms with Gasteiger partial charge in [-0.1, -0.05) is 27.7 Å². The van der Waals surface area contributed by atoms with Crippen molar-refractivity contribution in [3.63, 3.8) is 0 Å². The molecule has 4 heteroatoms. The summed E-state index contributed by atoms with van der Waals surface area (Å²) in [5, 5.41) is 3.36. The summed E-state index contributed by atoms with van der Waals surface area (Å²) >= 11 is 0. The average molecular weight is 253 g/mol. The maximum Gasteiger partial charge on any atom is 0.374 e. The van der Waals surface area contributed by atoms with Gasteiger partial charge in [-0.3, -0.25) is 0 Å². The van der Waals surface area contributed by atoms with Gasteiger partial charge >= 0.3 is 5.97 Å². The average Bonchev–Trinajstić information content (AvgIpc) is 2.76. The van der Waals surface area contributed by atoms with Gasteiger partial charge in [0.05, 0.1) is 13.4 Å². The predicted molar refractivity (Wildman–Crippen MR) is 70.4 cm³/mol. The monoisotopic (exact) mass is 253 g/mol. The zero-order valence-corrected chi connectivity index (χ0v) is 11.9. The molecule has 0 aliphatic carbocycles. The summed E-state index contributed by atoms with van der Waals surface area (Å²) in [4.78, 5) is 11.4. The molecule has 102 valence electrons. The van der Waals surface area contributed by atoms with Crippen LogP contribution in [0.25, 0.3) is 0 Å². The van der Waals surface area contributed by atoms with E-state index in [0.29, 0.717) is 12.5 Å². The highest BCUT2D eigenvalue weighted by atomic mass is 16.5. The summed E-state index contributed by atoms with van der Waals surface area (Å²) in [6, 6.07) is 1.79. The van der Waals surface area contributed by atoms with Crippen LogP contribution in [0.15, 0.2) is 16.7 Å². The van der Waals surface area contributed by atoms with Crippen molar-refractivity contribution in [3.05, 3.63) is 23.7 Å². The highest BCUT2D eigenvalue weighted by Gasteiger charge is 2.22. The Morgan fingerprint density at radius 2 is 2.17 bits per heavy atom. The lowest BCUT2D eigenvalue weighted by atomic mass is 9.81. The van der Waals surface area contributed by atoms with E-state index in [1.54, 1.807) is 6.07 Å². The molecule has 0 unspecified atom stereocenters. The molecule has 1 rings (SSSR count). The molecule has 18 heavy (non-hydrogen) atoms. The van der Waals surface area contributed by atoms with Crippen LogP contribution in [0.4, 0.5) is 0 Å². The Morgan fingerprint density at radius 1 is 1.50 bits per heavy atom. The number of methoxy groups -OCH3 is 1. The maximum atomic E-state index is 11.4. The molecule has 0 bridgehead atoms. The molecule has 0 amide bonds. The first kappa shape index (κ1) is 14.8. The summed E-state index contributed by atoms with van der Waals surface area (Å²) in [7, 11) is 1.35. The van der Waals surface area contributed by atoms with Crippen molar-refractivity contribution >= 4 is 5.97 Å². The SMILES string of the molecule is COC(=O)c1occc1CNCC(C)(C)C(C)C. The third-order valence-electron chi connectivity index (χ3n) is 3.58. The third kappa shape index (κ3) is 3.60. The van der Waals surface area contributed by atoms with E-state index in [2.05, 4.69) is 37.7 Å². The molecule has 4 nitrogen and oxygen atoms in total. The Bertz CT molecular complexity index is 393. The normalized spacial score (nSPS) is 11.9. The summed E-state index contributed by atoms with van der Waals surface area (Å²) in [5.41, 5.74) is 1.05. The molecule has 0 saturated carbocycles. The number of hydrogen-bond donors (Lipinski definition) is 1. The van der Waals surface area contributed by atoms with Crippen molar-refractivity contribution in [2.75, 3.05) is 13.7 Å². The fraction of sp³-hybridized carbons (Fsp3) is 0.643. The van der Waals surface area contributed by atoms with E-state index in [0.717, 1.165) is 12.1 Å². The Labute approximate surface area is 109 Å². The number of carbonyl (C=O) groups is 1. The van der Waals surface area contributed by atoms with E-state index in [9.17, 15) is 4.79 Å². The minimum Gasteiger partial charge on any atom is -0.463 e. The first-order valence-electron chi connectivity index (χ1n) is 6.24. The summed E-state index contributed by atoms with van der Waals surface area (Å²) in [6.07, 6.45) is 1.51. The second-order valence-corrected chi connectivity index (χ2v) is 5.51. The molecule has 0 saturated heterocycles. The number of ether oxygens (including phenoxy) is 1. The van der Waals surface area contributed by atoms with Crippen LogP contribution in [-0.2, 0) is 11.3 Å². The fourth-order valence-electron chi connectivity index (χ4n) is 1.47. The van der Waals surface area contributed by atoms with Gasteiger partial charge in [0.2, 0.25) is 5.76 Å². The molecule has 1 aromatic rings. The molecule has 1 aromatic heterocycles. The minimum absolute atomic E-state index is 0.217. The van der Waals surface area contributed by atoms with E-state index >= 15 is 0 Å². The largest absolute Gasteiger partial charge is 0.463 e. The standard InChI is InChI=1S/C14H23NO3/c1-10(2)14(3,4)9-15-8-11-6-7-18-12(11)13(16)17-5/h6-7,10,15H,8-9H2,1-5H3. The van der Waals surface area contributed by atoms with Gasteiger partial charge < -0.3 is 14.5 Å². The lowest BCUT2D eigenvalue weighted by molar-refractivity contribution is 0.0563. The highest BCUT2D eigenvalue weighted by Crippen LogP contribution is 2.24. The van der Waals surface area contributed by atoms with E-state index in [1.807, 2.05) is 0 Å². The molecular formula is C14H23NO3. The number of carbonyl (C=O) groups excluding carboxylic acids is 1. The molecule has 0 aliphatic rings. The van der Waals surface area contributed by atoms with Crippen LogP contribution in [0.5, 0.6) is 0 Å². The molecular weight excluding hydrogens is 230 g/mol. The van der Waals surface area contributed by atoms with E-state index in [1.165, 1.54) is 13.4 Å². The number of furan rings is 1. The zero-order chi connectivity index (χ0) is 13.8. The van der Waals surface area contributed by atoms with E-state index in [4.69, 9.17) is 4.42 Å². The van der Waals surface area contributed by atoms with Crippen LogP contribution in [0.2, 0.25) is 0 Å². The van der Waals surface area contributed by atoms with Gasteiger partial charge in [0.25, 0.3) is 0 Å². The third-order valence-corrected chi connectivity index (χ3v) is 3.58. The lowest BCUT2D eigenvalue weighted by Crippen LogP contribution is -2.33. The van der Waals surface area contributed by atoms with Crippen molar-refractivity contribution in [2.45, 2.75) is 34.2 Å². The van der Waals surface area contributed by atoms with Gasteiger partial charge in [-0.25, -0.2) is 4.79 Å². The van der Waals surface area contributed by atoms with Crippen molar-refractivity contribution in [1.29, 1.82) is 0 Å². The first-order valence-corrected chi connectivity index (χ1v) is 6.24. The zero-order valence-electron chi connectivity index (χ0n) is 11.9. The molecule has 0 aliphatic heterocycles. The van der Waals surface area contributed by atoms with Gasteiger partial charge in [0.1, 0.15) is 0 Å². The van der Waals surface area contributed by atoms with Gasteiger partial charge in [-0.15, -0.1) is 0 Å². The molecule has 0 spiro atoms. The van der Waals surface area contributed by atoms with Crippen LogP contribution >= 0.6 is 0 Å². The maximum absolute atomic E-state index is 11.4. The number of esters is 1. The summed E-state index contributed by atoms with van der Waals surface area (Å²) < 4.78 is 9.79. The quantitative estimate of drug-likeness (QED) is 0.792. The van der Waals surface area contributed by atoms with Crippen molar-refractivity contribution in [3.8, 4) is 0 Å². The molecule has 0 atom stereocenters. The minimum atomic E-state index is -0.431. The molecule has 1 heterocycles. The summed E-state index contributed by atoms with van der Waals surface area (Å²) in [5.74, 6) is 0.446. The Kier molecular flexibility index (Phi) is 4.96. The number of rotatable bonds is 6. The lowest BCUT2D eigenvalue weighted by Gasteiger charge is -2.29. The van der Waals surface area contributed by atoms with E-state index < -0.39 is 5.97 Å². The van der Waals surface area contributed by atoms with Gasteiger partial charge in [0, 0.05) is 18.7 Å². The molecule has 0 aromatic carbocycles. The molecule has 0 radical (unpaired) electrons. The van der Waals surface area contributed by atoms with Gasteiger partial charge in [-0.05, 0) is 17.4 Å². The van der Waals surface area contributed by atoms with Crippen molar-refractivity contribution in [1.82, 2.24) is 5.32 Å². The first-order chi connectivity index (χ1) is 8.38. The van der Waals surface area contributed by atoms with Crippen LogP contribution in [0, 0.1) is 11.3 Å². The predicted octanol–water partition coefficient (Wildman–Crippen LogP) is 2.84. The Balaban J connectivity index is 2.55. The molecule has 0 fully saturated rings. The topological polar surface area (TPSA) is 51.5 Å².